The molecule has 2 aromatic carbocycles. The van der Waals surface area contributed by atoms with Gasteiger partial charge in [0.2, 0.25) is 0 Å². The highest BCUT2D eigenvalue weighted by atomic mass is 19.1. The van der Waals surface area contributed by atoms with E-state index in [-0.39, 0.29) is 23.5 Å². The van der Waals surface area contributed by atoms with Gasteiger partial charge in [0.05, 0.1) is 7.05 Å². The van der Waals surface area contributed by atoms with E-state index in [1.807, 2.05) is 20.0 Å². The molecule has 0 fully saturated rings. The van der Waals surface area contributed by atoms with Crippen molar-refractivity contribution >= 4 is 17.4 Å². The third kappa shape index (κ3) is 4.73. The van der Waals surface area contributed by atoms with Crippen molar-refractivity contribution in [3.63, 3.8) is 0 Å². The van der Waals surface area contributed by atoms with Gasteiger partial charge in [0, 0.05) is 16.8 Å². The first-order valence-electron chi connectivity index (χ1n) is 7.85. The largest absolute Gasteiger partial charge is 0.324 e. The van der Waals surface area contributed by atoms with Gasteiger partial charge in [-0.25, -0.2) is 4.39 Å². The first-order valence-corrected chi connectivity index (χ1v) is 7.85. The van der Waals surface area contributed by atoms with Crippen LogP contribution < -0.4 is 10.2 Å². The van der Waals surface area contributed by atoms with E-state index in [1.165, 1.54) is 19.1 Å². The lowest BCUT2D eigenvalue weighted by molar-refractivity contribution is -0.907. The monoisotopic (exact) mass is 329 g/mol. The Labute approximate surface area is 141 Å². The Bertz CT molecular complexity index is 746. The van der Waals surface area contributed by atoms with Crippen LogP contribution in [0.5, 0.6) is 0 Å². The summed E-state index contributed by atoms with van der Waals surface area (Å²) in [6.07, 6.45) is 0. The number of amides is 1. The summed E-state index contributed by atoms with van der Waals surface area (Å²) in [5, 5.41) is 2.83. The molecule has 0 radical (unpaired) electrons. The van der Waals surface area contributed by atoms with Gasteiger partial charge in [-0.05, 0) is 38.1 Å². The topological polar surface area (TPSA) is 50.6 Å². The SMILES string of the molecule is CC(=O)c1cccc(NC(=O)[C@@H](C)[NH+](C)Cc2cccc(F)c2)c1. The molecule has 0 saturated heterocycles. The van der Waals surface area contributed by atoms with Crippen molar-refractivity contribution in [3.8, 4) is 0 Å². The number of Topliss-reactive ketones (excluding diaryl/α,β-unsaturated/α-hetero) is 1. The van der Waals surface area contributed by atoms with Gasteiger partial charge in [0.25, 0.3) is 5.91 Å². The van der Waals surface area contributed by atoms with Crippen LogP contribution in [-0.2, 0) is 11.3 Å². The first kappa shape index (κ1) is 17.8. The molecule has 2 rings (SSSR count). The molecule has 1 amide bonds. The van der Waals surface area contributed by atoms with E-state index in [1.54, 1.807) is 30.3 Å². The summed E-state index contributed by atoms with van der Waals surface area (Å²) in [7, 11) is 1.89. The number of likely N-dealkylation sites (N-methyl/N-ethyl adjacent to an activating group) is 1. The Hall–Kier alpha value is -2.53. The average Bonchev–Trinajstić information content (AvgIpc) is 2.54. The third-order valence-corrected chi connectivity index (χ3v) is 4.04. The van der Waals surface area contributed by atoms with Crippen LogP contribution in [0.15, 0.2) is 48.5 Å². The van der Waals surface area contributed by atoms with Gasteiger partial charge in [0.15, 0.2) is 11.8 Å². The fraction of sp³-hybridized carbons (Fsp3) is 0.263. The summed E-state index contributed by atoms with van der Waals surface area (Å²) in [5.41, 5.74) is 1.99. The zero-order valence-electron chi connectivity index (χ0n) is 14.1. The molecule has 126 valence electrons. The maximum Gasteiger partial charge on any atom is 0.282 e. The quantitative estimate of drug-likeness (QED) is 0.797. The zero-order chi connectivity index (χ0) is 17.7. The molecule has 4 nitrogen and oxygen atoms in total. The van der Waals surface area contributed by atoms with Gasteiger partial charge in [-0.2, -0.15) is 0 Å². The second kappa shape index (κ2) is 7.84. The van der Waals surface area contributed by atoms with Crippen LogP contribution in [-0.4, -0.2) is 24.8 Å². The Kier molecular flexibility index (Phi) is 5.82. The molecule has 2 aromatic rings. The predicted octanol–water partition coefficient (Wildman–Crippen LogP) is 2.07. The maximum atomic E-state index is 13.3. The standard InChI is InChI=1S/C19H21FN2O2/c1-13(22(3)12-15-6-4-8-17(20)10-15)19(24)21-18-9-5-7-16(11-18)14(2)23/h4-11,13H,12H2,1-3H3,(H,21,24)/p+1/t13-/m1/s1. The van der Waals surface area contributed by atoms with Gasteiger partial charge in [0.1, 0.15) is 12.4 Å². The Morgan fingerprint density at radius 3 is 2.54 bits per heavy atom. The van der Waals surface area contributed by atoms with E-state index in [0.717, 1.165) is 10.5 Å². The van der Waals surface area contributed by atoms with Crippen LogP contribution in [0.2, 0.25) is 0 Å². The normalized spacial score (nSPS) is 13.2. The van der Waals surface area contributed by atoms with E-state index >= 15 is 0 Å². The number of halogens is 1. The number of ketones is 1. The molecular weight excluding hydrogens is 307 g/mol. The summed E-state index contributed by atoms with van der Waals surface area (Å²) in [6.45, 7) is 3.85. The van der Waals surface area contributed by atoms with Crippen LogP contribution in [0.3, 0.4) is 0 Å². The number of quaternary nitrogens is 1. The van der Waals surface area contributed by atoms with Crippen molar-refractivity contribution in [2.75, 3.05) is 12.4 Å². The molecule has 0 aliphatic rings. The number of anilines is 1. The molecule has 0 aromatic heterocycles. The van der Waals surface area contributed by atoms with Crippen LogP contribution >= 0.6 is 0 Å². The minimum atomic E-state index is -0.325. The number of nitrogens with one attached hydrogen (secondary N) is 2. The zero-order valence-corrected chi connectivity index (χ0v) is 14.1. The highest BCUT2D eigenvalue weighted by Gasteiger charge is 2.22. The molecule has 2 atom stereocenters. The van der Waals surface area contributed by atoms with Crippen molar-refractivity contribution in [3.05, 3.63) is 65.5 Å². The molecule has 0 bridgehead atoms. The summed E-state index contributed by atoms with van der Waals surface area (Å²) in [4.78, 5) is 24.8. The van der Waals surface area contributed by atoms with E-state index in [9.17, 15) is 14.0 Å². The van der Waals surface area contributed by atoms with Gasteiger partial charge in [-0.1, -0.05) is 24.3 Å². The Morgan fingerprint density at radius 1 is 1.17 bits per heavy atom. The van der Waals surface area contributed by atoms with E-state index in [0.29, 0.717) is 17.8 Å². The fourth-order valence-corrected chi connectivity index (χ4v) is 2.41. The predicted molar refractivity (Wildman–Crippen MR) is 91.5 cm³/mol. The van der Waals surface area contributed by atoms with Crippen LogP contribution in [0.4, 0.5) is 10.1 Å². The van der Waals surface area contributed by atoms with E-state index in [4.69, 9.17) is 0 Å². The molecule has 0 saturated carbocycles. The molecule has 0 aliphatic heterocycles. The van der Waals surface area contributed by atoms with E-state index < -0.39 is 0 Å². The summed E-state index contributed by atoms with van der Waals surface area (Å²) >= 11 is 0. The lowest BCUT2D eigenvalue weighted by Crippen LogP contribution is -3.12. The molecule has 2 N–H and O–H groups in total. The second-order valence-electron chi connectivity index (χ2n) is 6.00. The number of rotatable bonds is 6. The molecule has 24 heavy (non-hydrogen) atoms. The highest BCUT2D eigenvalue weighted by Crippen LogP contribution is 2.11. The lowest BCUT2D eigenvalue weighted by Gasteiger charge is -2.21. The van der Waals surface area contributed by atoms with Crippen molar-refractivity contribution in [2.45, 2.75) is 26.4 Å². The lowest BCUT2D eigenvalue weighted by atomic mass is 10.1. The molecular formula is C19H22FN2O2+. The molecule has 5 heteroatoms. The van der Waals surface area contributed by atoms with Crippen molar-refractivity contribution in [1.82, 2.24) is 0 Å². The van der Waals surface area contributed by atoms with Crippen LogP contribution in [0.25, 0.3) is 0 Å². The number of hydrogen-bond donors (Lipinski definition) is 2. The van der Waals surface area contributed by atoms with Crippen molar-refractivity contribution in [1.29, 1.82) is 0 Å². The van der Waals surface area contributed by atoms with Crippen molar-refractivity contribution in [2.24, 2.45) is 0 Å². The van der Waals surface area contributed by atoms with Gasteiger partial charge in [-0.3, -0.25) is 9.59 Å². The van der Waals surface area contributed by atoms with Gasteiger partial charge in [-0.15, -0.1) is 0 Å². The number of carbonyl (C=O) groups is 2. The molecule has 1 unspecified atom stereocenters. The second-order valence-corrected chi connectivity index (χ2v) is 6.00. The maximum absolute atomic E-state index is 13.3. The van der Waals surface area contributed by atoms with Gasteiger partial charge < -0.3 is 10.2 Å². The molecule has 0 heterocycles. The minimum absolute atomic E-state index is 0.0482. The smallest absolute Gasteiger partial charge is 0.282 e. The summed E-state index contributed by atoms with van der Waals surface area (Å²) in [5.74, 6) is -0.476. The molecule has 0 aliphatic carbocycles. The van der Waals surface area contributed by atoms with Gasteiger partial charge >= 0.3 is 0 Å². The minimum Gasteiger partial charge on any atom is -0.324 e. The first-order chi connectivity index (χ1) is 11.4. The highest BCUT2D eigenvalue weighted by molar-refractivity contribution is 5.97. The average molecular weight is 329 g/mol. The Morgan fingerprint density at radius 2 is 1.88 bits per heavy atom. The fourth-order valence-electron chi connectivity index (χ4n) is 2.41. The molecule has 0 spiro atoms. The van der Waals surface area contributed by atoms with Crippen LogP contribution in [0, 0.1) is 5.82 Å². The number of carbonyl (C=O) groups excluding carboxylic acids is 2. The third-order valence-electron chi connectivity index (χ3n) is 4.04. The van der Waals surface area contributed by atoms with Crippen LogP contribution in [0.1, 0.15) is 29.8 Å². The summed E-state index contributed by atoms with van der Waals surface area (Å²) < 4.78 is 13.3. The Balaban J connectivity index is 2.00. The van der Waals surface area contributed by atoms with E-state index in [2.05, 4.69) is 5.32 Å². The number of hydrogen-bond acceptors (Lipinski definition) is 2. The van der Waals surface area contributed by atoms with Crippen molar-refractivity contribution < 1.29 is 18.9 Å². The summed E-state index contributed by atoms with van der Waals surface area (Å²) in [6, 6.07) is 12.9. The number of benzene rings is 2.